The van der Waals surface area contributed by atoms with Gasteiger partial charge in [0.2, 0.25) is 5.15 Å². The molecule has 146 valence electrons. The lowest BCUT2D eigenvalue weighted by molar-refractivity contribution is -0.384. The molecule has 0 aliphatic carbocycles. The van der Waals surface area contributed by atoms with E-state index < -0.39 is 24.9 Å². The highest BCUT2D eigenvalue weighted by atomic mass is 35.5. The summed E-state index contributed by atoms with van der Waals surface area (Å²) in [6, 6.07) is 0. The second kappa shape index (κ2) is 8.78. The molecule has 0 unspecified atom stereocenters. The van der Waals surface area contributed by atoms with Crippen molar-refractivity contribution < 1.29 is 18.9 Å². The summed E-state index contributed by atoms with van der Waals surface area (Å²) in [7, 11) is -1.94. The first kappa shape index (κ1) is 22.3. The molecule has 1 heterocycles. The summed E-state index contributed by atoms with van der Waals surface area (Å²) in [5.74, 6) is -0.701. The van der Waals surface area contributed by atoms with Crippen molar-refractivity contribution in [3.63, 3.8) is 0 Å². The largest absolute Gasteiger partial charge is 0.462 e. The Kier molecular flexibility index (Phi) is 7.54. The van der Waals surface area contributed by atoms with Crippen molar-refractivity contribution in [1.82, 2.24) is 4.98 Å². The van der Waals surface area contributed by atoms with Crippen LogP contribution in [0.4, 0.5) is 11.4 Å². The molecule has 0 aromatic carbocycles. The van der Waals surface area contributed by atoms with Gasteiger partial charge in [-0.05, 0) is 25.1 Å². The molecule has 0 atom stereocenters. The molecular formula is C16H26ClN3O5Si. The maximum Gasteiger partial charge on any atom is 0.342 e. The second-order valence-electron chi connectivity index (χ2n) is 7.20. The number of nitrogens with one attached hydrogen (secondary N) is 1. The van der Waals surface area contributed by atoms with Gasteiger partial charge in [-0.15, -0.1) is 0 Å². The maximum atomic E-state index is 12.1. The van der Waals surface area contributed by atoms with Crippen LogP contribution in [0.3, 0.4) is 0 Å². The standard InChI is InChI=1S/C16H26ClN3O5Si/c1-7-24-15(21)11-10-19-14(17)13(20(22)23)12(11)18-8-9-25-26(5,6)16(2,3)4/h10H,7-9H2,1-6H3,(H,18,19). The van der Waals surface area contributed by atoms with E-state index >= 15 is 0 Å². The number of halogens is 1. The quantitative estimate of drug-likeness (QED) is 0.173. The minimum absolute atomic E-state index is 0.00715. The molecule has 0 amide bonds. The zero-order valence-corrected chi connectivity index (χ0v) is 17.8. The summed E-state index contributed by atoms with van der Waals surface area (Å²) in [5.41, 5.74) is -0.493. The Hall–Kier alpha value is -1.71. The van der Waals surface area contributed by atoms with Crippen LogP contribution in [0.2, 0.25) is 23.3 Å². The van der Waals surface area contributed by atoms with Crippen LogP contribution in [-0.2, 0) is 9.16 Å². The number of ether oxygens (including phenoxy) is 1. The molecule has 8 nitrogen and oxygen atoms in total. The first-order chi connectivity index (χ1) is 11.9. The molecular weight excluding hydrogens is 378 g/mol. The summed E-state index contributed by atoms with van der Waals surface area (Å²) in [5, 5.41) is 14.0. The van der Waals surface area contributed by atoms with E-state index in [0.29, 0.717) is 6.61 Å². The number of rotatable bonds is 8. The molecule has 0 fully saturated rings. The summed E-state index contributed by atoms with van der Waals surface area (Å²) in [6.07, 6.45) is 1.17. The van der Waals surface area contributed by atoms with Crippen LogP contribution < -0.4 is 5.32 Å². The molecule has 1 aromatic heterocycles. The van der Waals surface area contributed by atoms with Gasteiger partial charge in [0, 0.05) is 12.7 Å². The highest BCUT2D eigenvalue weighted by Crippen LogP contribution is 2.37. The fourth-order valence-corrected chi connectivity index (χ4v) is 3.14. The van der Waals surface area contributed by atoms with Crippen LogP contribution in [0.15, 0.2) is 6.20 Å². The Balaban J connectivity index is 3.01. The Labute approximate surface area is 159 Å². The third-order valence-electron chi connectivity index (χ3n) is 4.36. The number of hydrogen-bond acceptors (Lipinski definition) is 7. The van der Waals surface area contributed by atoms with Crippen molar-refractivity contribution in [2.45, 2.75) is 45.8 Å². The zero-order valence-electron chi connectivity index (χ0n) is 16.0. The van der Waals surface area contributed by atoms with Crippen LogP contribution in [0.5, 0.6) is 0 Å². The van der Waals surface area contributed by atoms with E-state index in [1.165, 1.54) is 6.20 Å². The second-order valence-corrected chi connectivity index (χ2v) is 12.4. The number of anilines is 1. The van der Waals surface area contributed by atoms with Gasteiger partial charge in [-0.1, -0.05) is 32.4 Å². The topological polar surface area (TPSA) is 104 Å². The number of pyridine rings is 1. The van der Waals surface area contributed by atoms with Crippen LogP contribution in [0.25, 0.3) is 0 Å². The smallest absolute Gasteiger partial charge is 0.342 e. The third kappa shape index (κ3) is 5.39. The van der Waals surface area contributed by atoms with E-state index in [4.69, 9.17) is 20.8 Å². The number of aromatic nitrogens is 1. The van der Waals surface area contributed by atoms with Crippen molar-refractivity contribution in [3.8, 4) is 0 Å². The molecule has 0 aliphatic rings. The fraction of sp³-hybridized carbons (Fsp3) is 0.625. The Morgan fingerprint density at radius 1 is 1.42 bits per heavy atom. The number of esters is 1. The lowest BCUT2D eigenvalue weighted by Gasteiger charge is -2.36. The summed E-state index contributed by atoms with van der Waals surface area (Å²) in [6.45, 7) is 13.0. The van der Waals surface area contributed by atoms with Crippen molar-refractivity contribution in [1.29, 1.82) is 0 Å². The molecule has 0 aliphatic heterocycles. The van der Waals surface area contributed by atoms with Gasteiger partial charge in [-0.3, -0.25) is 10.1 Å². The van der Waals surface area contributed by atoms with Crippen molar-refractivity contribution >= 4 is 37.3 Å². The van der Waals surface area contributed by atoms with E-state index in [0.717, 1.165) is 0 Å². The molecule has 0 saturated carbocycles. The zero-order chi connectivity index (χ0) is 20.1. The van der Waals surface area contributed by atoms with Crippen LogP contribution in [-0.4, -0.2) is 44.0 Å². The Morgan fingerprint density at radius 3 is 2.54 bits per heavy atom. The molecule has 1 rings (SSSR count). The van der Waals surface area contributed by atoms with E-state index in [-0.39, 0.29) is 34.6 Å². The molecule has 0 saturated heterocycles. The predicted molar refractivity (Wildman–Crippen MR) is 103 cm³/mol. The highest BCUT2D eigenvalue weighted by Gasteiger charge is 2.37. The average molecular weight is 404 g/mol. The lowest BCUT2D eigenvalue weighted by Crippen LogP contribution is -2.41. The van der Waals surface area contributed by atoms with Crippen LogP contribution in [0.1, 0.15) is 38.1 Å². The van der Waals surface area contributed by atoms with Crippen molar-refractivity contribution in [3.05, 3.63) is 27.0 Å². The number of nitro groups is 1. The average Bonchev–Trinajstić information content (AvgIpc) is 2.50. The Morgan fingerprint density at radius 2 is 2.04 bits per heavy atom. The van der Waals surface area contributed by atoms with E-state index in [9.17, 15) is 14.9 Å². The van der Waals surface area contributed by atoms with Gasteiger partial charge in [-0.25, -0.2) is 9.78 Å². The fourth-order valence-electron chi connectivity index (χ4n) is 1.89. The van der Waals surface area contributed by atoms with Gasteiger partial charge < -0.3 is 14.5 Å². The van der Waals surface area contributed by atoms with Crippen molar-refractivity contribution in [2.24, 2.45) is 0 Å². The van der Waals surface area contributed by atoms with Gasteiger partial charge in [0.15, 0.2) is 8.32 Å². The molecule has 10 heteroatoms. The molecule has 26 heavy (non-hydrogen) atoms. The number of hydrogen-bond donors (Lipinski definition) is 1. The molecule has 0 radical (unpaired) electrons. The Bertz CT molecular complexity index is 677. The minimum atomic E-state index is -1.94. The van der Waals surface area contributed by atoms with Gasteiger partial charge in [0.05, 0.1) is 18.1 Å². The minimum Gasteiger partial charge on any atom is -0.462 e. The van der Waals surface area contributed by atoms with Crippen LogP contribution in [0, 0.1) is 10.1 Å². The van der Waals surface area contributed by atoms with Crippen molar-refractivity contribution in [2.75, 3.05) is 25.1 Å². The molecule has 0 bridgehead atoms. The first-order valence-electron chi connectivity index (χ1n) is 8.30. The number of nitrogens with zero attached hydrogens (tertiary/aromatic N) is 2. The first-order valence-corrected chi connectivity index (χ1v) is 11.6. The molecule has 1 aromatic rings. The lowest BCUT2D eigenvalue weighted by atomic mass is 10.2. The van der Waals surface area contributed by atoms with Gasteiger partial charge in [0.25, 0.3) is 0 Å². The van der Waals surface area contributed by atoms with E-state index in [1.807, 2.05) is 0 Å². The summed E-state index contributed by atoms with van der Waals surface area (Å²) in [4.78, 5) is 26.5. The van der Waals surface area contributed by atoms with E-state index in [2.05, 4.69) is 44.2 Å². The third-order valence-corrected chi connectivity index (χ3v) is 9.17. The van der Waals surface area contributed by atoms with Gasteiger partial charge in [0.1, 0.15) is 11.3 Å². The van der Waals surface area contributed by atoms with Gasteiger partial charge >= 0.3 is 11.7 Å². The van der Waals surface area contributed by atoms with E-state index in [1.54, 1.807) is 6.92 Å². The number of carbonyl (C=O) groups is 1. The van der Waals surface area contributed by atoms with Crippen LogP contribution >= 0.6 is 11.6 Å². The molecule has 0 spiro atoms. The summed E-state index contributed by atoms with van der Waals surface area (Å²) >= 11 is 5.85. The SMILES string of the molecule is CCOC(=O)c1cnc(Cl)c([N+](=O)[O-])c1NCCO[Si](C)(C)C(C)(C)C. The predicted octanol–water partition coefficient (Wildman–Crippen LogP) is 4.25. The summed E-state index contributed by atoms with van der Waals surface area (Å²) < 4.78 is 11.0. The van der Waals surface area contributed by atoms with Gasteiger partial charge in [-0.2, -0.15) is 0 Å². The maximum absolute atomic E-state index is 12.1. The number of carbonyl (C=O) groups excluding carboxylic acids is 1. The monoisotopic (exact) mass is 403 g/mol. The molecule has 1 N–H and O–H groups in total. The normalized spacial score (nSPS) is 12.0. The highest BCUT2D eigenvalue weighted by molar-refractivity contribution is 6.74.